The van der Waals surface area contributed by atoms with Crippen molar-refractivity contribution in [2.75, 3.05) is 0 Å². The van der Waals surface area contributed by atoms with E-state index in [0.29, 0.717) is 11.3 Å². The molecular weight excluding hydrogens is 333 g/mol. The number of rotatable bonds is 4. The quantitative estimate of drug-likeness (QED) is 0.713. The van der Waals surface area contributed by atoms with Gasteiger partial charge in [0.25, 0.3) is 0 Å². The Labute approximate surface area is 143 Å². The third-order valence-corrected chi connectivity index (χ3v) is 5.04. The number of alkyl halides is 3. The van der Waals surface area contributed by atoms with E-state index in [1.54, 1.807) is 6.07 Å². The summed E-state index contributed by atoms with van der Waals surface area (Å²) in [6.07, 6.45) is -4.37. The highest BCUT2D eigenvalue weighted by atomic mass is 32.2. The predicted molar refractivity (Wildman–Crippen MR) is 92.1 cm³/mol. The predicted octanol–water partition coefficient (Wildman–Crippen LogP) is 5.45. The van der Waals surface area contributed by atoms with Crippen molar-refractivity contribution in [1.29, 1.82) is 0 Å². The fourth-order valence-electron chi connectivity index (χ4n) is 2.36. The summed E-state index contributed by atoms with van der Waals surface area (Å²) in [5.41, 5.74) is 1.90. The number of hydrogen-bond acceptors (Lipinski definition) is 1. The second-order valence-electron chi connectivity index (χ2n) is 6.87. The smallest absolute Gasteiger partial charge is 0.259 e. The zero-order valence-corrected chi connectivity index (χ0v) is 14.8. The Morgan fingerprint density at radius 2 is 1.42 bits per heavy atom. The van der Waals surface area contributed by atoms with Crippen molar-refractivity contribution in [2.45, 2.75) is 43.9 Å². The van der Waals surface area contributed by atoms with E-state index in [4.69, 9.17) is 0 Å². The first-order valence-electron chi connectivity index (χ1n) is 7.66. The lowest BCUT2D eigenvalue weighted by Crippen LogP contribution is -2.11. The van der Waals surface area contributed by atoms with Gasteiger partial charge in [-0.2, -0.15) is 13.2 Å². The van der Waals surface area contributed by atoms with E-state index in [9.17, 15) is 17.4 Å². The summed E-state index contributed by atoms with van der Waals surface area (Å²) in [4.78, 5) is 0. The zero-order chi connectivity index (χ0) is 18.0. The first-order chi connectivity index (χ1) is 11.1. The molecule has 0 amide bonds. The Morgan fingerprint density at radius 1 is 0.833 bits per heavy atom. The normalized spacial score (nSPS) is 13.8. The van der Waals surface area contributed by atoms with Gasteiger partial charge < -0.3 is 0 Å². The van der Waals surface area contributed by atoms with E-state index in [1.165, 1.54) is 11.6 Å². The molecule has 0 aliphatic rings. The van der Waals surface area contributed by atoms with E-state index >= 15 is 0 Å². The highest BCUT2D eigenvalue weighted by Gasteiger charge is 2.30. The monoisotopic (exact) mass is 354 g/mol. The molecule has 0 heterocycles. The third kappa shape index (κ3) is 5.20. The lowest BCUT2D eigenvalue weighted by Gasteiger charge is -2.19. The molecule has 0 saturated heterocycles. The van der Waals surface area contributed by atoms with Crippen LogP contribution in [0.1, 0.15) is 43.0 Å². The Kier molecular flexibility index (Phi) is 5.53. The molecule has 5 heteroatoms. The van der Waals surface area contributed by atoms with Gasteiger partial charge in [0.1, 0.15) is 0 Å². The molecule has 2 rings (SSSR count). The van der Waals surface area contributed by atoms with Gasteiger partial charge in [-0.05, 0) is 28.2 Å². The van der Waals surface area contributed by atoms with Crippen LogP contribution in [0.3, 0.4) is 0 Å². The average molecular weight is 354 g/mol. The van der Waals surface area contributed by atoms with E-state index in [-0.39, 0.29) is 11.2 Å². The van der Waals surface area contributed by atoms with Crippen LogP contribution in [0, 0.1) is 0 Å². The van der Waals surface area contributed by atoms with Gasteiger partial charge in [0.05, 0.1) is 5.56 Å². The lowest BCUT2D eigenvalue weighted by atomic mass is 9.87. The van der Waals surface area contributed by atoms with Crippen molar-refractivity contribution in [2.24, 2.45) is 0 Å². The number of benzene rings is 2. The largest absolute Gasteiger partial charge is 0.416 e. The van der Waals surface area contributed by atoms with Crippen molar-refractivity contribution >= 4 is 10.8 Å². The molecular formula is C19H21F3OS. The maximum atomic E-state index is 12.7. The fraction of sp³-hybridized carbons (Fsp3) is 0.368. The molecule has 0 saturated carbocycles. The molecule has 2 aromatic rings. The summed E-state index contributed by atoms with van der Waals surface area (Å²) in [6.45, 7) is 6.36. The Hall–Kier alpha value is -1.62. The van der Waals surface area contributed by atoms with Crippen LogP contribution in [0.4, 0.5) is 13.2 Å². The molecule has 0 aliphatic heterocycles. The minimum Gasteiger partial charge on any atom is -0.259 e. The molecule has 0 bridgehead atoms. The molecule has 0 unspecified atom stereocenters. The van der Waals surface area contributed by atoms with Crippen LogP contribution < -0.4 is 0 Å². The number of halogens is 3. The van der Waals surface area contributed by atoms with Gasteiger partial charge >= 0.3 is 6.18 Å². The highest BCUT2D eigenvalue weighted by Crippen LogP contribution is 2.30. The van der Waals surface area contributed by atoms with Gasteiger partial charge in [-0.15, -0.1) is 0 Å². The van der Waals surface area contributed by atoms with Gasteiger partial charge in [-0.25, -0.2) is 0 Å². The SMILES string of the molecule is CC(C)(C)c1ccc(C[S@@](=O)Cc2cccc(C(F)(F)F)c2)cc1. The third-order valence-electron chi connectivity index (χ3n) is 3.73. The summed E-state index contributed by atoms with van der Waals surface area (Å²) < 4.78 is 50.4. The molecule has 0 spiro atoms. The summed E-state index contributed by atoms with van der Waals surface area (Å²) in [6, 6.07) is 12.9. The summed E-state index contributed by atoms with van der Waals surface area (Å²) in [7, 11) is -1.25. The zero-order valence-electron chi connectivity index (χ0n) is 14.0. The van der Waals surface area contributed by atoms with Gasteiger partial charge in [-0.1, -0.05) is 63.2 Å². The molecule has 0 N–H and O–H groups in total. The molecule has 2 aromatic carbocycles. The summed E-state index contributed by atoms with van der Waals surface area (Å²) >= 11 is 0. The van der Waals surface area contributed by atoms with Crippen molar-refractivity contribution in [1.82, 2.24) is 0 Å². The molecule has 0 fully saturated rings. The minimum absolute atomic E-state index is 0.0513. The van der Waals surface area contributed by atoms with Gasteiger partial charge in [0.2, 0.25) is 0 Å². The van der Waals surface area contributed by atoms with Crippen LogP contribution >= 0.6 is 0 Å². The molecule has 1 atom stereocenters. The molecule has 0 radical (unpaired) electrons. The van der Waals surface area contributed by atoms with Crippen molar-refractivity contribution < 1.29 is 17.4 Å². The summed E-state index contributed by atoms with van der Waals surface area (Å²) in [5, 5.41) is 0. The fourth-order valence-corrected chi connectivity index (χ4v) is 3.58. The van der Waals surface area contributed by atoms with Gasteiger partial charge in [-0.3, -0.25) is 4.21 Å². The van der Waals surface area contributed by atoms with Gasteiger partial charge in [0, 0.05) is 22.3 Å². The standard InChI is InChI=1S/C19H21F3OS/c1-18(2,3)16-9-7-14(8-10-16)12-24(23)13-15-5-4-6-17(11-15)19(20,21)22/h4-11H,12-13H2,1-3H3/t24-/m1/s1. The van der Waals surface area contributed by atoms with E-state index in [1.807, 2.05) is 24.3 Å². The first-order valence-corrected chi connectivity index (χ1v) is 9.15. The van der Waals surface area contributed by atoms with E-state index in [2.05, 4.69) is 20.8 Å². The van der Waals surface area contributed by atoms with E-state index < -0.39 is 22.5 Å². The summed E-state index contributed by atoms with van der Waals surface area (Å²) in [5.74, 6) is 0.450. The van der Waals surface area contributed by atoms with Crippen molar-refractivity contribution in [3.05, 3.63) is 70.8 Å². The highest BCUT2D eigenvalue weighted by molar-refractivity contribution is 7.83. The van der Waals surface area contributed by atoms with E-state index in [0.717, 1.165) is 17.7 Å². The maximum Gasteiger partial charge on any atom is 0.416 e. The average Bonchev–Trinajstić information content (AvgIpc) is 2.46. The van der Waals surface area contributed by atoms with Gasteiger partial charge in [0.15, 0.2) is 0 Å². The second-order valence-corrected chi connectivity index (χ2v) is 8.33. The molecule has 1 nitrogen and oxygen atoms in total. The topological polar surface area (TPSA) is 17.1 Å². The minimum atomic E-state index is -4.37. The lowest BCUT2D eigenvalue weighted by molar-refractivity contribution is -0.137. The van der Waals surface area contributed by atoms with Crippen molar-refractivity contribution in [3.63, 3.8) is 0 Å². The van der Waals surface area contributed by atoms with Crippen LogP contribution in [0.2, 0.25) is 0 Å². The van der Waals surface area contributed by atoms with Crippen LogP contribution in [0.15, 0.2) is 48.5 Å². The Morgan fingerprint density at radius 3 is 1.96 bits per heavy atom. The Bertz CT molecular complexity index is 713. The van der Waals surface area contributed by atoms with Crippen LogP contribution in [-0.4, -0.2) is 4.21 Å². The molecule has 24 heavy (non-hydrogen) atoms. The molecule has 0 aliphatic carbocycles. The van der Waals surface area contributed by atoms with Crippen LogP contribution in [0.5, 0.6) is 0 Å². The second kappa shape index (κ2) is 7.09. The maximum absolute atomic E-state index is 12.7. The molecule has 0 aromatic heterocycles. The van der Waals surface area contributed by atoms with Crippen molar-refractivity contribution in [3.8, 4) is 0 Å². The Balaban J connectivity index is 2.03. The van der Waals surface area contributed by atoms with Crippen LogP contribution in [-0.2, 0) is 33.9 Å². The number of hydrogen-bond donors (Lipinski definition) is 0. The first kappa shape index (κ1) is 18.7. The molecule has 130 valence electrons. The van der Waals surface area contributed by atoms with Crippen LogP contribution in [0.25, 0.3) is 0 Å².